The summed E-state index contributed by atoms with van der Waals surface area (Å²) in [6.45, 7) is 3.49. The number of phosphoric ester groups is 1. The van der Waals surface area contributed by atoms with Crippen molar-refractivity contribution < 1.29 is 37.6 Å². The van der Waals surface area contributed by atoms with Crippen molar-refractivity contribution >= 4 is 19.8 Å². The molecule has 0 rings (SSSR count). The minimum atomic E-state index is -4.33. The predicted octanol–water partition coefficient (Wildman–Crippen LogP) is 4.64. The van der Waals surface area contributed by atoms with Crippen LogP contribution in [0.25, 0.3) is 0 Å². The molecule has 0 heterocycles. The Kier molecular flexibility index (Phi) is 20.0. The molecule has 0 aliphatic carbocycles. The third-order valence-electron chi connectivity index (χ3n) is 4.74. The Bertz CT molecular complexity index is 532. The van der Waals surface area contributed by atoms with Crippen molar-refractivity contribution in [1.29, 1.82) is 0 Å². The molecule has 0 aromatic heterocycles. The van der Waals surface area contributed by atoms with Gasteiger partial charge in [-0.05, 0) is 12.8 Å². The Morgan fingerprint density at radius 3 is 1.94 bits per heavy atom. The Labute approximate surface area is 193 Å². The van der Waals surface area contributed by atoms with Crippen molar-refractivity contribution in [3.05, 3.63) is 0 Å². The van der Waals surface area contributed by atoms with E-state index in [1.54, 1.807) is 0 Å². The second-order valence-corrected chi connectivity index (χ2v) is 9.32. The first kappa shape index (κ1) is 31.0. The average molecular weight is 482 g/mol. The highest BCUT2D eigenvalue weighted by Gasteiger charge is 2.25. The van der Waals surface area contributed by atoms with Gasteiger partial charge < -0.3 is 20.1 Å². The molecule has 0 bridgehead atoms. The van der Waals surface area contributed by atoms with Crippen LogP contribution in [0.15, 0.2) is 0 Å². The third kappa shape index (κ3) is 19.7. The first-order valence-corrected chi connectivity index (χ1v) is 13.5. The highest BCUT2D eigenvalue weighted by atomic mass is 31.2. The lowest BCUT2D eigenvalue weighted by molar-refractivity contribution is -0.161. The number of esters is 2. The van der Waals surface area contributed by atoms with Crippen LogP contribution >= 0.6 is 7.82 Å². The molecule has 1 unspecified atom stereocenters. The molecule has 0 aromatic rings. The van der Waals surface area contributed by atoms with Crippen LogP contribution in [0, 0.1) is 0 Å². The number of hydrogen-bond acceptors (Lipinski definition) is 8. The molecule has 0 saturated carbocycles. The van der Waals surface area contributed by atoms with E-state index in [0.717, 1.165) is 44.9 Å². The van der Waals surface area contributed by atoms with Crippen molar-refractivity contribution in [2.75, 3.05) is 26.4 Å². The molecule has 9 nitrogen and oxygen atoms in total. The fraction of sp³-hybridized carbons (Fsp3) is 0.909. The van der Waals surface area contributed by atoms with Crippen molar-refractivity contribution in [2.45, 2.75) is 103 Å². The number of nitrogens with two attached hydrogens (primary N) is 1. The minimum absolute atomic E-state index is 0.0560. The average Bonchev–Trinajstić information content (AvgIpc) is 2.76. The summed E-state index contributed by atoms with van der Waals surface area (Å²) in [4.78, 5) is 33.7. The van der Waals surface area contributed by atoms with Crippen LogP contribution in [0.3, 0.4) is 0 Å². The molecule has 190 valence electrons. The van der Waals surface area contributed by atoms with Crippen LogP contribution in [0.4, 0.5) is 0 Å². The van der Waals surface area contributed by atoms with Gasteiger partial charge in [-0.25, -0.2) is 4.57 Å². The van der Waals surface area contributed by atoms with Crippen LogP contribution < -0.4 is 5.73 Å². The number of hydrogen-bond donors (Lipinski definition) is 2. The first-order chi connectivity index (χ1) is 15.3. The lowest BCUT2D eigenvalue weighted by atomic mass is 10.1. The van der Waals surface area contributed by atoms with E-state index in [4.69, 9.17) is 19.7 Å². The Morgan fingerprint density at radius 1 is 0.812 bits per heavy atom. The maximum Gasteiger partial charge on any atom is 0.472 e. The van der Waals surface area contributed by atoms with Crippen molar-refractivity contribution in [2.24, 2.45) is 5.73 Å². The monoisotopic (exact) mass is 481 g/mol. The molecule has 0 fully saturated rings. The van der Waals surface area contributed by atoms with Crippen molar-refractivity contribution in [3.8, 4) is 0 Å². The predicted molar refractivity (Wildman–Crippen MR) is 123 cm³/mol. The van der Waals surface area contributed by atoms with E-state index >= 15 is 0 Å². The van der Waals surface area contributed by atoms with E-state index < -0.39 is 32.5 Å². The van der Waals surface area contributed by atoms with Crippen LogP contribution in [-0.4, -0.2) is 49.3 Å². The van der Waals surface area contributed by atoms with Crippen LogP contribution in [0.1, 0.15) is 97.3 Å². The number of rotatable bonds is 22. The number of carbonyl (C=O) groups excluding carboxylic acids is 2. The summed E-state index contributed by atoms with van der Waals surface area (Å²) < 4.78 is 31.9. The summed E-state index contributed by atoms with van der Waals surface area (Å²) in [6.07, 6.45) is 10.8. The Balaban J connectivity index is 4.46. The number of phosphoric acid groups is 1. The number of carbonyl (C=O) groups is 2. The normalized spacial score (nSPS) is 14.0. The standard InChI is InChI=1S/C22H44NO8P/c1-3-5-7-9-10-11-13-15-22(25)31-20(19-30-32(26,27)29-17-16-23)18-28-21(24)14-12-8-6-4-2/h20H,3-19,23H2,1-2H3,(H,26,27)/t20-/m1/s1. The molecule has 0 amide bonds. The van der Waals surface area contributed by atoms with Crippen molar-refractivity contribution in [3.63, 3.8) is 0 Å². The van der Waals surface area contributed by atoms with E-state index in [-0.39, 0.29) is 32.6 Å². The minimum Gasteiger partial charge on any atom is -0.462 e. The topological polar surface area (TPSA) is 134 Å². The summed E-state index contributed by atoms with van der Waals surface area (Å²) >= 11 is 0. The Morgan fingerprint density at radius 2 is 1.34 bits per heavy atom. The second kappa shape index (κ2) is 20.6. The van der Waals surface area contributed by atoms with Crippen molar-refractivity contribution in [1.82, 2.24) is 0 Å². The van der Waals surface area contributed by atoms with Gasteiger partial charge in [0.1, 0.15) is 6.61 Å². The summed E-state index contributed by atoms with van der Waals surface area (Å²) in [7, 11) is -4.33. The number of unbranched alkanes of at least 4 members (excludes halogenated alkanes) is 9. The van der Waals surface area contributed by atoms with E-state index in [0.29, 0.717) is 6.42 Å². The van der Waals surface area contributed by atoms with Gasteiger partial charge in [0.05, 0.1) is 13.2 Å². The molecule has 0 aliphatic rings. The SMILES string of the molecule is CCCCCCCCCC(=O)O[C@H](COC(=O)CCCCCC)COP(=O)(O)OCCN. The molecule has 0 radical (unpaired) electrons. The molecular weight excluding hydrogens is 437 g/mol. The summed E-state index contributed by atoms with van der Waals surface area (Å²) in [5.41, 5.74) is 5.25. The molecule has 10 heteroatoms. The smallest absolute Gasteiger partial charge is 0.462 e. The molecule has 0 saturated heterocycles. The maximum absolute atomic E-state index is 12.2. The highest BCUT2D eigenvalue weighted by Crippen LogP contribution is 2.43. The van der Waals surface area contributed by atoms with Gasteiger partial charge in [-0.1, -0.05) is 71.6 Å². The zero-order valence-corrected chi connectivity index (χ0v) is 20.8. The van der Waals surface area contributed by atoms with Crippen LogP contribution in [-0.2, 0) is 32.7 Å². The van der Waals surface area contributed by atoms with Crippen LogP contribution in [0.2, 0.25) is 0 Å². The van der Waals surface area contributed by atoms with Gasteiger partial charge in [-0.15, -0.1) is 0 Å². The van der Waals surface area contributed by atoms with Gasteiger partial charge in [0.25, 0.3) is 0 Å². The number of ether oxygens (including phenoxy) is 2. The molecule has 0 aromatic carbocycles. The first-order valence-electron chi connectivity index (χ1n) is 12.0. The van der Waals surface area contributed by atoms with Gasteiger partial charge in [-0.2, -0.15) is 0 Å². The zero-order chi connectivity index (χ0) is 24.1. The molecule has 32 heavy (non-hydrogen) atoms. The van der Waals surface area contributed by atoms with Gasteiger partial charge in [0, 0.05) is 19.4 Å². The quantitative estimate of drug-likeness (QED) is 0.129. The molecule has 0 spiro atoms. The molecule has 2 atom stereocenters. The van der Waals surface area contributed by atoms with E-state index in [9.17, 15) is 19.0 Å². The molecule has 3 N–H and O–H groups in total. The van der Waals surface area contributed by atoms with E-state index in [1.165, 1.54) is 19.3 Å². The summed E-state index contributed by atoms with van der Waals surface area (Å²) in [6, 6.07) is 0. The third-order valence-corrected chi connectivity index (χ3v) is 5.73. The van der Waals surface area contributed by atoms with E-state index in [2.05, 4.69) is 18.4 Å². The van der Waals surface area contributed by atoms with Gasteiger partial charge >= 0.3 is 19.8 Å². The van der Waals surface area contributed by atoms with Crippen LogP contribution in [0.5, 0.6) is 0 Å². The highest BCUT2D eigenvalue weighted by molar-refractivity contribution is 7.47. The zero-order valence-electron chi connectivity index (χ0n) is 19.9. The summed E-state index contributed by atoms with van der Waals surface area (Å²) in [5.74, 6) is -0.859. The lowest BCUT2D eigenvalue weighted by Gasteiger charge is -2.19. The summed E-state index contributed by atoms with van der Waals surface area (Å²) in [5, 5.41) is 0. The molecular formula is C22H44NO8P. The molecule has 0 aliphatic heterocycles. The second-order valence-electron chi connectivity index (χ2n) is 7.86. The Hall–Kier alpha value is -0.990. The fourth-order valence-corrected chi connectivity index (χ4v) is 3.69. The van der Waals surface area contributed by atoms with Gasteiger partial charge in [0.15, 0.2) is 6.10 Å². The van der Waals surface area contributed by atoms with Gasteiger partial charge in [-0.3, -0.25) is 18.6 Å². The lowest BCUT2D eigenvalue weighted by Crippen LogP contribution is -2.29. The van der Waals surface area contributed by atoms with Gasteiger partial charge in [0.2, 0.25) is 0 Å². The largest absolute Gasteiger partial charge is 0.472 e. The fourth-order valence-electron chi connectivity index (χ4n) is 2.92. The maximum atomic E-state index is 12.2. The van der Waals surface area contributed by atoms with E-state index in [1.807, 2.05) is 0 Å².